The molecule has 5 aromatic heterocycles. The van der Waals surface area contributed by atoms with Gasteiger partial charge in [-0.3, -0.25) is 0 Å². The number of hydrogen-bond acceptors (Lipinski definition) is 2. The average molecular weight is 1020 g/mol. The van der Waals surface area contributed by atoms with Crippen molar-refractivity contribution in [1.29, 1.82) is 0 Å². The minimum Gasteiger partial charge on any atom is -0.330 e. The van der Waals surface area contributed by atoms with Gasteiger partial charge in [0.2, 0.25) is 0 Å². The van der Waals surface area contributed by atoms with Gasteiger partial charge in [0.05, 0.1) is 39.0 Å². The fraction of sp³-hybridized carbons (Fsp3) is 0.0435. The van der Waals surface area contributed by atoms with Crippen LogP contribution in [0.1, 0.15) is 19.4 Å². The summed E-state index contributed by atoms with van der Waals surface area (Å²) in [7, 11) is 0. The van der Waals surface area contributed by atoms with Gasteiger partial charge in [-0.05, 0) is 92.7 Å². The van der Waals surface area contributed by atoms with Crippen LogP contribution in [0.15, 0.2) is 224 Å². The van der Waals surface area contributed by atoms with Crippen molar-refractivity contribution in [2.45, 2.75) is 19.4 Å². The second-order valence-corrected chi connectivity index (χ2v) is 22.7. The Labute approximate surface area is 442 Å². The Morgan fingerprint density at radius 2 is 0.684 bits per heavy atom. The Kier molecular flexibility index (Phi) is 9.20. The van der Waals surface area contributed by atoms with Crippen LogP contribution in [0.3, 0.4) is 0 Å². The number of aromatic nitrogens is 3. The van der Waals surface area contributed by atoms with Crippen molar-refractivity contribution in [3.8, 4) is 33.6 Å². The Morgan fingerprint density at radius 1 is 0.316 bits per heavy atom. The molecule has 3 nitrogen and oxygen atoms in total. The molecule has 0 amide bonds. The van der Waals surface area contributed by atoms with Gasteiger partial charge in [0.15, 0.2) is 0 Å². The zero-order chi connectivity index (χ0) is 50.6. The summed E-state index contributed by atoms with van der Waals surface area (Å²) >= 11 is 3.61. The van der Waals surface area contributed by atoms with Crippen molar-refractivity contribution in [2.75, 3.05) is 0 Å². The van der Waals surface area contributed by atoms with E-state index in [1.165, 1.54) is 40.3 Å². The number of fused-ring (bicyclic) bond motifs is 17. The Bertz CT molecular complexity index is 4830. The third kappa shape index (κ3) is 5.89. The predicted octanol–water partition coefficient (Wildman–Crippen LogP) is 20.1. The monoisotopic (exact) mass is 1020 g/mol. The number of nitrogens with zero attached hydrogens (tertiary/aromatic N) is 3. The van der Waals surface area contributed by atoms with Gasteiger partial charge in [-0.1, -0.05) is 146 Å². The molecule has 0 atom stereocenters. The largest absolute Gasteiger partial charge is 0.330 e. The van der Waals surface area contributed by atoms with E-state index in [2.05, 4.69) is 203 Å². The van der Waals surface area contributed by atoms with Crippen LogP contribution >= 0.6 is 22.7 Å². The van der Waals surface area contributed by atoms with E-state index in [0.717, 1.165) is 82.4 Å². The maximum atomic E-state index is 17.5. The number of rotatable bonds is 6. The molecular formula is C69H43F2N3S2. The highest BCUT2D eigenvalue weighted by molar-refractivity contribution is 7.26. The van der Waals surface area contributed by atoms with Gasteiger partial charge in [0, 0.05) is 112 Å². The second kappa shape index (κ2) is 16.1. The third-order valence-corrected chi connectivity index (χ3v) is 18.4. The standard InChI is InChI=1S/C69H43F2N3S2/c1-69(2,74-54-31-15-5-21-42(54)43-22-6-16-32-55(43)74)66-67(72-52-29-13-7-23-44(52)62-56(72)35-37-60-64(62)46-25-9-17-33-58(46)75-60)48(40-19-3-11-27-50(40)70)39-49(41-20-4-12-28-51(41)71)68(66)73-53-30-14-8-24-45(53)63-57(73)36-38-61-65(63)47-26-10-18-34-59(47)76-61/h3-39H,1-2H3. The van der Waals surface area contributed by atoms with Crippen LogP contribution in [0.25, 0.3) is 139 Å². The molecule has 0 unspecified atom stereocenters. The van der Waals surface area contributed by atoms with E-state index >= 15 is 8.78 Å². The smallest absolute Gasteiger partial charge is 0.131 e. The van der Waals surface area contributed by atoms with Gasteiger partial charge in [-0.15, -0.1) is 22.7 Å². The molecule has 0 spiro atoms. The number of thiophene rings is 2. The van der Waals surface area contributed by atoms with Crippen LogP contribution in [0.4, 0.5) is 8.78 Å². The summed E-state index contributed by atoms with van der Waals surface area (Å²) in [4.78, 5) is 0. The van der Waals surface area contributed by atoms with Crippen molar-refractivity contribution >= 4 is 128 Å². The topological polar surface area (TPSA) is 14.8 Å². The van der Waals surface area contributed by atoms with E-state index in [-0.39, 0.29) is 11.6 Å². The summed E-state index contributed by atoms with van der Waals surface area (Å²) in [5.41, 5.74) is 9.72. The number of para-hydroxylation sites is 4. The van der Waals surface area contributed by atoms with Crippen LogP contribution in [-0.4, -0.2) is 13.7 Å². The zero-order valence-electron chi connectivity index (χ0n) is 41.3. The molecule has 0 aliphatic heterocycles. The summed E-state index contributed by atoms with van der Waals surface area (Å²) in [6.07, 6.45) is 0. The van der Waals surface area contributed by atoms with E-state index in [1.807, 2.05) is 24.3 Å². The average Bonchev–Trinajstić information content (AvgIpc) is 4.44. The summed E-state index contributed by atoms with van der Waals surface area (Å²) in [6, 6.07) is 77.3. The van der Waals surface area contributed by atoms with Gasteiger partial charge < -0.3 is 13.7 Å². The molecule has 76 heavy (non-hydrogen) atoms. The van der Waals surface area contributed by atoms with Gasteiger partial charge >= 0.3 is 0 Å². The van der Waals surface area contributed by atoms with Crippen molar-refractivity contribution in [2.24, 2.45) is 0 Å². The van der Waals surface area contributed by atoms with Gasteiger partial charge in [0.1, 0.15) is 11.6 Å². The van der Waals surface area contributed by atoms with E-state index in [9.17, 15) is 0 Å². The lowest BCUT2D eigenvalue weighted by atomic mass is 9.82. The Morgan fingerprint density at radius 3 is 1.13 bits per heavy atom. The van der Waals surface area contributed by atoms with Gasteiger partial charge in [0.25, 0.3) is 0 Å². The summed E-state index contributed by atoms with van der Waals surface area (Å²) in [6.45, 7) is 4.61. The summed E-state index contributed by atoms with van der Waals surface area (Å²) in [5.74, 6) is -0.737. The molecule has 0 saturated heterocycles. The fourth-order valence-electron chi connectivity index (χ4n) is 13.1. The maximum Gasteiger partial charge on any atom is 0.131 e. The van der Waals surface area contributed by atoms with Crippen LogP contribution in [-0.2, 0) is 5.54 Å². The first-order valence-electron chi connectivity index (χ1n) is 25.7. The zero-order valence-corrected chi connectivity index (χ0v) is 42.9. The highest BCUT2D eigenvalue weighted by Crippen LogP contribution is 2.54. The molecule has 0 fully saturated rings. The maximum absolute atomic E-state index is 17.5. The normalized spacial score (nSPS) is 12.5. The molecule has 16 rings (SSSR count). The summed E-state index contributed by atoms with van der Waals surface area (Å²) in [5, 5.41) is 11.5. The molecule has 16 aromatic rings. The lowest BCUT2D eigenvalue weighted by Gasteiger charge is -2.37. The third-order valence-electron chi connectivity index (χ3n) is 16.2. The quantitative estimate of drug-likeness (QED) is 0.158. The van der Waals surface area contributed by atoms with Crippen LogP contribution < -0.4 is 0 Å². The molecule has 11 aromatic carbocycles. The molecule has 0 saturated carbocycles. The molecule has 0 radical (unpaired) electrons. The van der Waals surface area contributed by atoms with E-state index < -0.39 is 5.54 Å². The molecule has 5 heterocycles. The van der Waals surface area contributed by atoms with Crippen molar-refractivity contribution in [1.82, 2.24) is 13.7 Å². The predicted molar refractivity (Wildman–Crippen MR) is 320 cm³/mol. The molecule has 7 heteroatoms. The molecule has 0 N–H and O–H groups in total. The minimum atomic E-state index is -0.984. The molecule has 0 bridgehead atoms. The number of hydrogen-bond donors (Lipinski definition) is 0. The fourth-order valence-corrected chi connectivity index (χ4v) is 15.4. The summed E-state index contributed by atoms with van der Waals surface area (Å²) < 4.78 is 47.2. The number of benzene rings is 11. The SMILES string of the molecule is CC(C)(c1c(-n2c3ccccc3c3c4c(ccc32)sc2ccccc24)c(-c2ccccc2F)cc(-c2ccccc2F)c1-n1c2ccccc2c2c3c(ccc21)sc1ccccc13)n1c2ccccc2c2ccccc21. The van der Waals surface area contributed by atoms with Crippen molar-refractivity contribution in [3.05, 3.63) is 242 Å². The Hall–Kier alpha value is -8.88. The van der Waals surface area contributed by atoms with E-state index in [4.69, 9.17) is 0 Å². The van der Waals surface area contributed by atoms with Gasteiger partial charge in [-0.25, -0.2) is 8.78 Å². The van der Waals surface area contributed by atoms with Gasteiger partial charge in [-0.2, -0.15) is 0 Å². The van der Waals surface area contributed by atoms with E-state index in [0.29, 0.717) is 22.3 Å². The Balaban J connectivity index is 1.21. The lowest BCUT2D eigenvalue weighted by molar-refractivity contribution is 0.462. The van der Waals surface area contributed by atoms with E-state index in [1.54, 1.807) is 46.9 Å². The van der Waals surface area contributed by atoms with Crippen molar-refractivity contribution in [3.63, 3.8) is 0 Å². The molecule has 360 valence electrons. The van der Waals surface area contributed by atoms with Crippen LogP contribution in [0.2, 0.25) is 0 Å². The molecule has 0 aliphatic rings. The van der Waals surface area contributed by atoms with Crippen LogP contribution in [0.5, 0.6) is 0 Å². The molecule has 0 aliphatic carbocycles. The highest BCUT2D eigenvalue weighted by Gasteiger charge is 2.39. The lowest BCUT2D eigenvalue weighted by Crippen LogP contribution is -2.31. The first kappa shape index (κ1) is 43.5. The highest BCUT2D eigenvalue weighted by atomic mass is 32.1. The first-order valence-corrected chi connectivity index (χ1v) is 27.4. The second-order valence-electron chi connectivity index (χ2n) is 20.5. The minimum absolute atomic E-state index is 0.368. The van der Waals surface area contributed by atoms with Crippen LogP contribution in [0, 0.1) is 11.6 Å². The van der Waals surface area contributed by atoms with Crippen molar-refractivity contribution < 1.29 is 8.78 Å². The molecular weight excluding hydrogens is 973 g/mol. The number of halogens is 2. The first-order chi connectivity index (χ1) is 37.3.